The number of benzene rings is 1. The molecule has 1 aliphatic rings. The third-order valence-electron chi connectivity index (χ3n) is 2.26. The van der Waals surface area contributed by atoms with E-state index < -0.39 is 0 Å². The molecule has 76 valence electrons. The van der Waals surface area contributed by atoms with Gasteiger partial charge in [0.1, 0.15) is 5.78 Å². The topological polar surface area (TPSA) is 17.1 Å². The molecule has 1 aromatic carbocycles. The van der Waals surface area contributed by atoms with Crippen LogP contribution in [0.3, 0.4) is 0 Å². The van der Waals surface area contributed by atoms with Crippen LogP contribution < -0.4 is 0 Å². The van der Waals surface area contributed by atoms with Gasteiger partial charge in [0.25, 0.3) is 0 Å². The largest absolute Gasteiger partial charge is 0.299 e. The van der Waals surface area contributed by atoms with Crippen molar-refractivity contribution in [2.75, 3.05) is 0 Å². The van der Waals surface area contributed by atoms with E-state index in [0.717, 1.165) is 10.9 Å². The molecule has 0 atom stereocenters. The van der Waals surface area contributed by atoms with E-state index in [4.69, 9.17) is 0 Å². The summed E-state index contributed by atoms with van der Waals surface area (Å²) in [7, 11) is 0. The third-order valence-corrected chi connectivity index (χ3v) is 3.01. The minimum Gasteiger partial charge on any atom is -0.299 e. The molecule has 0 unspecified atom stereocenters. The molecule has 1 aliphatic carbocycles. The lowest BCUT2D eigenvalue weighted by Gasteiger charge is -2.15. The van der Waals surface area contributed by atoms with E-state index in [2.05, 4.69) is 22.0 Å². The van der Waals surface area contributed by atoms with Crippen LogP contribution in [0.15, 0.2) is 22.7 Å². The van der Waals surface area contributed by atoms with Gasteiger partial charge >= 0.3 is 0 Å². The lowest BCUT2D eigenvalue weighted by Crippen LogP contribution is -2.13. The third kappa shape index (κ3) is 2.44. The fourth-order valence-electron chi connectivity index (χ4n) is 1.60. The molecule has 1 nitrogen and oxygen atoms in total. The van der Waals surface area contributed by atoms with E-state index >= 15 is 0 Å². The predicted octanol–water partition coefficient (Wildman–Crippen LogP) is 3.53. The number of fused-ring (bicyclic) bond motifs is 1. The number of hydrogen-bond donors (Lipinski definition) is 0. The van der Waals surface area contributed by atoms with Gasteiger partial charge in [0.2, 0.25) is 0 Å². The van der Waals surface area contributed by atoms with Crippen molar-refractivity contribution in [1.29, 1.82) is 0 Å². The highest BCUT2D eigenvalue weighted by atomic mass is 79.9. The summed E-state index contributed by atoms with van der Waals surface area (Å²) in [6.45, 7) is 4.00. The van der Waals surface area contributed by atoms with Crippen molar-refractivity contribution in [2.45, 2.75) is 33.1 Å². The van der Waals surface area contributed by atoms with Crippen molar-refractivity contribution < 1.29 is 4.79 Å². The monoisotopic (exact) mass is 254 g/mol. The Kier molecular flexibility index (Phi) is 4.33. The molecule has 14 heavy (non-hydrogen) atoms. The van der Waals surface area contributed by atoms with E-state index in [0.29, 0.717) is 18.6 Å². The molecule has 2 rings (SSSR count). The second-order valence-corrected chi connectivity index (χ2v) is 3.95. The normalized spacial score (nSPS) is 14.1. The minimum atomic E-state index is 0.356. The summed E-state index contributed by atoms with van der Waals surface area (Å²) in [5.74, 6) is 0.356. The van der Waals surface area contributed by atoms with Gasteiger partial charge in [-0.1, -0.05) is 41.9 Å². The molecule has 0 saturated carbocycles. The molecule has 0 N–H and O–H groups in total. The lowest BCUT2D eigenvalue weighted by molar-refractivity contribution is -0.118. The zero-order chi connectivity index (χ0) is 10.6. The first kappa shape index (κ1) is 11.4. The standard InChI is InChI=1S/C10H9BrO.C2H6/c11-10-3-1-2-7-4-5-8(12)6-9(7)10;1-2/h1-3H,4-6H2;1-2H3. The van der Waals surface area contributed by atoms with E-state index in [1.807, 2.05) is 26.0 Å². The quantitative estimate of drug-likeness (QED) is 0.693. The fourth-order valence-corrected chi connectivity index (χ4v) is 2.14. The van der Waals surface area contributed by atoms with Crippen LogP contribution in [0.25, 0.3) is 0 Å². The van der Waals surface area contributed by atoms with Crippen LogP contribution in [0.2, 0.25) is 0 Å². The molecule has 0 aliphatic heterocycles. The Bertz CT molecular complexity index is 331. The van der Waals surface area contributed by atoms with Gasteiger partial charge in [0, 0.05) is 17.3 Å². The first-order chi connectivity index (χ1) is 6.77. The number of aryl methyl sites for hydroxylation is 1. The first-order valence-electron chi connectivity index (χ1n) is 5.05. The molecule has 0 saturated heterocycles. The van der Waals surface area contributed by atoms with Crippen LogP contribution >= 0.6 is 15.9 Å². The second-order valence-electron chi connectivity index (χ2n) is 3.09. The average molecular weight is 255 g/mol. The van der Waals surface area contributed by atoms with Crippen LogP contribution in [0.5, 0.6) is 0 Å². The van der Waals surface area contributed by atoms with Crippen LogP contribution in [-0.2, 0) is 17.6 Å². The number of carbonyl (C=O) groups is 1. The average Bonchev–Trinajstić information content (AvgIpc) is 2.22. The number of hydrogen-bond acceptors (Lipinski definition) is 1. The Labute approximate surface area is 93.7 Å². The van der Waals surface area contributed by atoms with Gasteiger partial charge in [-0.25, -0.2) is 0 Å². The number of halogens is 1. The van der Waals surface area contributed by atoms with Gasteiger partial charge in [-0.2, -0.15) is 0 Å². The number of rotatable bonds is 0. The maximum atomic E-state index is 11.2. The Morgan fingerprint density at radius 3 is 2.64 bits per heavy atom. The van der Waals surface area contributed by atoms with E-state index in [1.165, 1.54) is 11.1 Å². The molecule has 0 radical (unpaired) electrons. The number of Topliss-reactive ketones (excluding diaryl/α,β-unsaturated/α-hetero) is 1. The van der Waals surface area contributed by atoms with Crippen LogP contribution in [0.1, 0.15) is 31.4 Å². The van der Waals surface area contributed by atoms with Gasteiger partial charge in [0.15, 0.2) is 0 Å². The zero-order valence-corrected chi connectivity index (χ0v) is 10.2. The highest BCUT2D eigenvalue weighted by Gasteiger charge is 2.16. The molecule has 2 heteroatoms. The Hall–Kier alpha value is -0.630. The van der Waals surface area contributed by atoms with Crippen LogP contribution in [0, 0.1) is 0 Å². The van der Waals surface area contributed by atoms with Crippen LogP contribution in [-0.4, -0.2) is 5.78 Å². The highest BCUT2D eigenvalue weighted by molar-refractivity contribution is 9.10. The highest BCUT2D eigenvalue weighted by Crippen LogP contribution is 2.26. The second kappa shape index (κ2) is 5.30. The van der Waals surface area contributed by atoms with E-state index in [-0.39, 0.29) is 0 Å². The van der Waals surface area contributed by atoms with Crippen molar-refractivity contribution in [2.24, 2.45) is 0 Å². The Morgan fingerprint density at radius 2 is 1.93 bits per heavy atom. The van der Waals surface area contributed by atoms with Crippen molar-refractivity contribution in [3.63, 3.8) is 0 Å². The minimum absolute atomic E-state index is 0.356. The van der Waals surface area contributed by atoms with Crippen molar-refractivity contribution in [3.05, 3.63) is 33.8 Å². The number of ketones is 1. The summed E-state index contributed by atoms with van der Waals surface area (Å²) >= 11 is 3.46. The predicted molar refractivity (Wildman–Crippen MR) is 62.5 cm³/mol. The molecule has 0 spiro atoms. The molecule has 1 aromatic rings. The molecule has 0 heterocycles. The zero-order valence-electron chi connectivity index (χ0n) is 8.64. The summed E-state index contributed by atoms with van der Waals surface area (Å²) in [6, 6.07) is 6.13. The summed E-state index contributed by atoms with van der Waals surface area (Å²) in [5.41, 5.74) is 2.51. The van der Waals surface area contributed by atoms with Crippen molar-refractivity contribution in [3.8, 4) is 0 Å². The molecular weight excluding hydrogens is 240 g/mol. The summed E-state index contributed by atoms with van der Waals surface area (Å²) in [4.78, 5) is 11.2. The van der Waals surface area contributed by atoms with Gasteiger partial charge in [-0.3, -0.25) is 4.79 Å². The van der Waals surface area contributed by atoms with Crippen molar-refractivity contribution >= 4 is 21.7 Å². The molecular formula is C12H15BrO. The molecule has 0 fully saturated rings. The maximum Gasteiger partial charge on any atom is 0.137 e. The van der Waals surface area contributed by atoms with E-state index in [9.17, 15) is 4.79 Å². The van der Waals surface area contributed by atoms with E-state index in [1.54, 1.807) is 0 Å². The first-order valence-corrected chi connectivity index (χ1v) is 5.84. The SMILES string of the molecule is CC.O=C1CCc2cccc(Br)c2C1. The maximum absolute atomic E-state index is 11.2. The molecule has 0 bridgehead atoms. The van der Waals surface area contributed by atoms with Crippen molar-refractivity contribution in [1.82, 2.24) is 0 Å². The Morgan fingerprint density at radius 1 is 1.21 bits per heavy atom. The fraction of sp³-hybridized carbons (Fsp3) is 0.417. The van der Waals surface area contributed by atoms with Gasteiger partial charge in [0.05, 0.1) is 0 Å². The number of carbonyl (C=O) groups excluding carboxylic acids is 1. The van der Waals surface area contributed by atoms with Gasteiger partial charge in [-0.05, 0) is 23.6 Å². The van der Waals surface area contributed by atoms with Gasteiger partial charge in [-0.15, -0.1) is 0 Å². The molecule has 0 amide bonds. The summed E-state index contributed by atoms with van der Waals surface area (Å²) in [5, 5.41) is 0. The van der Waals surface area contributed by atoms with Crippen LogP contribution in [0.4, 0.5) is 0 Å². The summed E-state index contributed by atoms with van der Waals surface area (Å²) < 4.78 is 1.08. The molecule has 0 aromatic heterocycles. The summed E-state index contributed by atoms with van der Waals surface area (Å²) in [6.07, 6.45) is 2.23. The van der Waals surface area contributed by atoms with Gasteiger partial charge < -0.3 is 0 Å². The lowest BCUT2D eigenvalue weighted by atomic mass is 9.91. The smallest absolute Gasteiger partial charge is 0.137 e. The Balaban J connectivity index is 0.000000461.